The minimum atomic E-state index is 0.800. The number of thiophene rings is 1. The van der Waals surface area contributed by atoms with Gasteiger partial charge < -0.3 is 5.32 Å². The van der Waals surface area contributed by atoms with Gasteiger partial charge in [0, 0.05) is 6.04 Å². The van der Waals surface area contributed by atoms with Crippen LogP contribution in [0.3, 0.4) is 0 Å². The Labute approximate surface area is 96.9 Å². The number of hydrogen-bond acceptors (Lipinski definition) is 2. The molecular formula is C13H21NS. The van der Waals surface area contributed by atoms with Crippen molar-refractivity contribution in [3.63, 3.8) is 0 Å². The first-order valence-electron chi connectivity index (χ1n) is 6.13. The van der Waals surface area contributed by atoms with Gasteiger partial charge in [0.15, 0.2) is 0 Å². The Kier molecular flexibility index (Phi) is 4.21. The molecule has 0 spiro atoms. The fourth-order valence-electron chi connectivity index (χ4n) is 2.49. The van der Waals surface area contributed by atoms with E-state index >= 15 is 0 Å². The second-order valence-corrected chi connectivity index (χ2v) is 5.40. The van der Waals surface area contributed by atoms with E-state index in [1.807, 2.05) is 0 Å². The smallest absolute Gasteiger partial charge is 0.00699 e. The molecule has 0 amide bonds. The van der Waals surface area contributed by atoms with Gasteiger partial charge in [0.2, 0.25) is 0 Å². The van der Waals surface area contributed by atoms with E-state index in [0.717, 1.165) is 18.5 Å². The number of nitrogens with one attached hydrogen (secondary N) is 1. The quantitative estimate of drug-likeness (QED) is 0.806. The van der Waals surface area contributed by atoms with Crippen LogP contribution in [0.1, 0.15) is 38.2 Å². The molecule has 1 nitrogen and oxygen atoms in total. The molecule has 0 radical (unpaired) electrons. The first-order valence-corrected chi connectivity index (χ1v) is 7.07. The highest BCUT2D eigenvalue weighted by Gasteiger charge is 2.22. The van der Waals surface area contributed by atoms with Gasteiger partial charge in [0.25, 0.3) is 0 Å². The van der Waals surface area contributed by atoms with Crippen LogP contribution >= 0.6 is 11.3 Å². The molecule has 0 bridgehead atoms. The van der Waals surface area contributed by atoms with Crippen molar-refractivity contribution in [3.8, 4) is 0 Å². The van der Waals surface area contributed by atoms with Gasteiger partial charge in [-0.2, -0.15) is 11.3 Å². The highest BCUT2D eigenvalue weighted by Crippen LogP contribution is 2.27. The molecular weight excluding hydrogens is 202 g/mol. The van der Waals surface area contributed by atoms with E-state index in [1.54, 1.807) is 11.3 Å². The van der Waals surface area contributed by atoms with Crippen LogP contribution in [0.25, 0.3) is 0 Å². The lowest BCUT2D eigenvalue weighted by molar-refractivity contribution is 0.479. The molecule has 2 atom stereocenters. The normalized spacial score (nSPS) is 25.9. The van der Waals surface area contributed by atoms with Crippen LogP contribution in [0.2, 0.25) is 0 Å². The lowest BCUT2D eigenvalue weighted by Crippen LogP contribution is -2.28. The lowest BCUT2D eigenvalue weighted by atomic mass is 10.1. The monoisotopic (exact) mass is 223 g/mol. The fraction of sp³-hybridized carbons (Fsp3) is 0.692. The molecule has 1 fully saturated rings. The lowest BCUT2D eigenvalue weighted by Gasteiger charge is -2.12. The van der Waals surface area contributed by atoms with E-state index in [9.17, 15) is 0 Å². The number of hydrogen-bond donors (Lipinski definition) is 1. The van der Waals surface area contributed by atoms with Crippen molar-refractivity contribution in [1.82, 2.24) is 5.32 Å². The Hall–Kier alpha value is -0.340. The summed E-state index contributed by atoms with van der Waals surface area (Å²) in [5.41, 5.74) is 1.48. The van der Waals surface area contributed by atoms with Gasteiger partial charge in [-0.25, -0.2) is 0 Å². The van der Waals surface area contributed by atoms with Crippen molar-refractivity contribution in [2.75, 3.05) is 6.54 Å². The van der Waals surface area contributed by atoms with Gasteiger partial charge >= 0.3 is 0 Å². The van der Waals surface area contributed by atoms with Crippen molar-refractivity contribution >= 4 is 11.3 Å². The van der Waals surface area contributed by atoms with Crippen LogP contribution in [0.15, 0.2) is 16.8 Å². The van der Waals surface area contributed by atoms with Crippen molar-refractivity contribution in [3.05, 3.63) is 22.4 Å². The summed E-state index contributed by atoms with van der Waals surface area (Å²) in [5, 5.41) is 8.11. The first kappa shape index (κ1) is 11.2. The number of rotatable bonds is 5. The van der Waals surface area contributed by atoms with Crippen LogP contribution in [0.5, 0.6) is 0 Å². The molecule has 1 aromatic heterocycles. The second kappa shape index (κ2) is 5.66. The van der Waals surface area contributed by atoms with Gasteiger partial charge in [-0.05, 0) is 60.5 Å². The van der Waals surface area contributed by atoms with Gasteiger partial charge in [-0.1, -0.05) is 13.3 Å². The molecule has 1 saturated carbocycles. The molecule has 0 aromatic carbocycles. The molecule has 2 unspecified atom stereocenters. The topological polar surface area (TPSA) is 12.0 Å². The minimum Gasteiger partial charge on any atom is -0.314 e. The molecule has 1 aromatic rings. The third-order valence-corrected chi connectivity index (χ3v) is 4.28. The minimum absolute atomic E-state index is 0.800. The summed E-state index contributed by atoms with van der Waals surface area (Å²) in [6.45, 7) is 3.47. The summed E-state index contributed by atoms with van der Waals surface area (Å²) in [5.74, 6) is 0.989. The summed E-state index contributed by atoms with van der Waals surface area (Å²) < 4.78 is 0. The molecule has 84 valence electrons. The maximum Gasteiger partial charge on any atom is 0.00699 e. The molecule has 1 aliphatic rings. The molecule has 1 aliphatic carbocycles. The molecule has 0 aliphatic heterocycles. The van der Waals surface area contributed by atoms with Crippen LogP contribution in [-0.2, 0) is 6.42 Å². The molecule has 1 heterocycles. The van der Waals surface area contributed by atoms with Crippen molar-refractivity contribution in [1.29, 1.82) is 0 Å². The second-order valence-electron chi connectivity index (χ2n) is 4.62. The molecule has 1 N–H and O–H groups in total. The molecule has 0 saturated heterocycles. The average molecular weight is 223 g/mol. The third-order valence-electron chi connectivity index (χ3n) is 3.55. The highest BCUT2D eigenvalue weighted by molar-refractivity contribution is 7.07. The Morgan fingerprint density at radius 2 is 2.40 bits per heavy atom. The van der Waals surface area contributed by atoms with Gasteiger partial charge in [0.05, 0.1) is 0 Å². The Bertz CT molecular complexity index is 268. The van der Waals surface area contributed by atoms with Crippen molar-refractivity contribution in [2.45, 2.75) is 45.1 Å². The summed E-state index contributed by atoms with van der Waals surface area (Å²) in [7, 11) is 0. The summed E-state index contributed by atoms with van der Waals surface area (Å²) in [6.07, 6.45) is 6.79. The van der Waals surface area contributed by atoms with Crippen LogP contribution < -0.4 is 5.32 Å². The SMILES string of the molecule is CCC1CCC(NCCc2ccsc2)C1. The predicted molar refractivity (Wildman–Crippen MR) is 67.4 cm³/mol. The van der Waals surface area contributed by atoms with E-state index in [2.05, 4.69) is 29.1 Å². The van der Waals surface area contributed by atoms with E-state index in [4.69, 9.17) is 0 Å². The van der Waals surface area contributed by atoms with Crippen LogP contribution in [0, 0.1) is 5.92 Å². The zero-order chi connectivity index (χ0) is 10.5. The summed E-state index contributed by atoms with van der Waals surface area (Å²) in [4.78, 5) is 0. The van der Waals surface area contributed by atoms with Crippen molar-refractivity contribution < 1.29 is 0 Å². The third kappa shape index (κ3) is 3.32. The zero-order valence-electron chi connectivity index (χ0n) is 9.54. The molecule has 15 heavy (non-hydrogen) atoms. The average Bonchev–Trinajstić information content (AvgIpc) is 2.88. The van der Waals surface area contributed by atoms with E-state index in [-0.39, 0.29) is 0 Å². The van der Waals surface area contributed by atoms with E-state index < -0.39 is 0 Å². The molecule has 2 heteroatoms. The van der Waals surface area contributed by atoms with Gasteiger partial charge in [-0.15, -0.1) is 0 Å². The van der Waals surface area contributed by atoms with Crippen LogP contribution in [0.4, 0.5) is 0 Å². The maximum atomic E-state index is 3.69. The zero-order valence-corrected chi connectivity index (χ0v) is 10.4. The fourth-order valence-corrected chi connectivity index (χ4v) is 3.19. The maximum absolute atomic E-state index is 3.69. The van der Waals surface area contributed by atoms with Gasteiger partial charge in [-0.3, -0.25) is 0 Å². The predicted octanol–water partition coefficient (Wildman–Crippen LogP) is 3.46. The highest BCUT2D eigenvalue weighted by atomic mass is 32.1. The van der Waals surface area contributed by atoms with E-state index in [1.165, 1.54) is 37.7 Å². The van der Waals surface area contributed by atoms with Crippen LogP contribution in [-0.4, -0.2) is 12.6 Å². The largest absolute Gasteiger partial charge is 0.314 e. The Morgan fingerprint density at radius 3 is 3.07 bits per heavy atom. The summed E-state index contributed by atoms with van der Waals surface area (Å²) >= 11 is 1.80. The Balaban J connectivity index is 1.63. The van der Waals surface area contributed by atoms with Crippen molar-refractivity contribution in [2.24, 2.45) is 5.92 Å². The standard InChI is InChI=1S/C13H21NS/c1-2-11-3-4-13(9-11)14-7-5-12-6-8-15-10-12/h6,8,10-11,13-14H,2-5,7,9H2,1H3. The molecule has 2 rings (SSSR count). The summed E-state index contributed by atoms with van der Waals surface area (Å²) in [6, 6.07) is 3.03. The Morgan fingerprint density at radius 1 is 1.47 bits per heavy atom. The van der Waals surface area contributed by atoms with E-state index in [0.29, 0.717) is 0 Å². The van der Waals surface area contributed by atoms with Gasteiger partial charge in [0.1, 0.15) is 0 Å². The first-order chi connectivity index (χ1) is 7.38.